The van der Waals surface area contributed by atoms with Gasteiger partial charge in [-0.2, -0.15) is 0 Å². The quantitative estimate of drug-likeness (QED) is 0.833. The first-order valence-corrected chi connectivity index (χ1v) is 6.09. The molecule has 2 unspecified atom stereocenters. The molecule has 1 nitrogen and oxygen atoms in total. The minimum absolute atomic E-state index is 0.0891. The molecule has 0 aromatic heterocycles. The predicted molar refractivity (Wildman–Crippen MR) is 63.1 cm³/mol. The average molecular weight is 222 g/mol. The van der Waals surface area contributed by atoms with E-state index in [9.17, 15) is 0 Å². The van der Waals surface area contributed by atoms with Crippen LogP contribution in [0.25, 0.3) is 0 Å². The lowest BCUT2D eigenvalue weighted by molar-refractivity contribution is 0.545. The predicted octanol–water partition coefficient (Wildman–Crippen LogP) is 3.32. The fourth-order valence-electron chi connectivity index (χ4n) is 2.58. The Morgan fingerprint density at radius 2 is 2.20 bits per heavy atom. The van der Waals surface area contributed by atoms with Gasteiger partial charge in [0.05, 0.1) is 0 Å². The number of hydrogen-bond acceptors (Lipinski definition) is 1. The first-order chi connectivity index (χ1) is 7.17. The van der Waals surface area contributed by atoms with Gasteiger partial charge in [-0.25, -0.2) is 0 Å². The highest BCUT2D eigenvalue weighted by atomic mass is 35.5. The van der Waals surface area contributed by atoms with E-state index in [4.69, 9.17) is 17.3 Å². The van der Waals surface area contributed by atoms with Gasteiger partial charge in [-0.1, -0.05) is 36.6 Å². The molecular formula is C13H16ClN. The van der Waals surface area contributed by atoms with E-state index in [0.29, 0.717) is 5.92 Å². The van der Waals surface area contributed by atoms with Crippen molar-refractivity contribution in [3.05, 3.63) is 34.9 Å². The first kappa shape index (κ1) is 9.68. The van der Waals surface area contributed by atoms with Crippen LogP contribution < -0.4 is 5.73 Å². The molecule has 15 heavy (non-hydrogen) atoms. The summed E-state index contributed by atoms with van der Waals surface area (Å²) < 4.78 is 0. The lowest BCUT2D eigenvalue weighted by Gasteiger charge is -2.10. The van der Waals surface area contributed by atoms with E-state index >= 15 is 0 Å². The lowest BCUT2D eigenvalue weighted by atomic mass is 10.0. The second-order valence-corrected chi connectivity index (χ2v) is 5.63. The molecule has 0 heterocycles. The second kappa shape index (κ2) is 3.23. The van der Waals surface area contributed by atoms with E-state index in [1.807, 2.05) is 12.1 Å². The third kappa shape index (κ3) is 1.91. The SMILES string of the molecule is NC1(CC2CC2)CC1c1cccc(Cl)c1. The molecule has 1 aromatic rings. The molecule has 2 aliphatic rings. The summed E-state index contributed by atoms with van der Waals surface area (Å²) in [4.78, 5) is 0. The van der Waals surface area contributed by atoms with Gasteiger partial charge in [0.2, 0.25) is 0 Å². The Morgan fingerprint density at radius 3 is 2.87 bits per heavy atom. The Morgan fingerprint density at radius 1 is 1.40 bits per heavy atom. The van der Waals surface area contributed by atoms with E-state index in [1.54, 1.807) is 0 Å². The van der Waals surface area contributed by atoms with Crippen LogP contribution in [0, 0.1) is 5.92 Å². The molecule has 1 aromatic carbocycles. The van der Waals surface area contributed by atoms with Gasteiger partial charge in [0, 0.05) is 16.5 Å². The molecule has 0 aliphatic heterocycles. The number of nitrogens with two attached hydrogens (primary N) is 1. The highest BCUT2D eigenvalue weighted by molar-refractivity contribution is 6.30. The zero-order valence-electron chi connectivity index (χ0n) is 8.75. The zero-order chi connectivity index (χ0) is 10.5. The fourth-order valence-corrected chi connectivity index (χ4v) is 2.78. The summed E-state index contributed by atoms with van der Waals surface area (Å²) in [7, 11) is 0. The maximum Gasteiger partial charge on any atom is 0.0408 e. The van der Waals surface area contributed by atoms with Crippen LogP contribution in [0.4, 0.5) is 0 Å². The minimum Gasteiger partial charge on any atom is -0.325 e. The normalized spacial score (nSPS) is 34.1. The van der Waals surface area contributed by atoms with Gasteiger partial charge in [0.1, 0.15) is 0 Å². The average Bonchev–Trinajstić information content (AvgIpc) is 3.07. The molecule has 2 atom stereocenters. The third-order valence-corrected chi connectivity index (χ3v) is 3.97. The van der Waals surface area contributed by atoms with Crippen molar-refractivity contribution in [2.75, 3.05) is 0 Å². The molecule has 0 spiro atoms. The summed E-state index contributed by atoms with van der Waals surface area (Å²) in [5.74, 6) is 1.47. The van der Waals surface area contributed by atoms with E-state index in [0.717, 1.165) is 17.4 Å². The van der Waals surface area contributed by atoms with Gasteiger partial charge in [0.15, 0.2) is 0 Å². The standard InChI is InChI=1S/C13H16ClN/c14-11-3-1-2-10(6-11)12-8-13(12,15)7-9-4-5-9/h1-3,6,9,12H,4-5,7-8,15H2. The summed E-state index contributed by atoms with van der Waals surface area (Å²) in [5.41, 5.74) is 7.78. The van der Waals surface area contributed by atoms with Crippen molar-refractivity contribution in [1.29, 1.82) is 0 Å². The van der Waals surface area contributed by atoms with E-state index < -0.39 is 0 Å². The highest BCUT2D eigenvalue weighted by Crippen LogP contribution is 2.56. The van der Waals surface area contributed by atoms with Crippen molar-refractivity contribution in [3.8, 4) is 0 Å². The van der Waals surface area contributed by atoms with Gasteiger partial charge >= 0.3 is 0 Å². The fraction of sp³-hybridized carbons (Fsp3) is 0.538. The van der Waals surface area contributed by atoms with Gasteiger partial charge < -0.3 is 5.73 Å². The Bertz CT molecular complexity index is 386. The summed E-state index contributed by atoms with van der Waals surface area (Å²) in [5, 5.41) is 0.827. The van der Waals surface area contributed by atoms with Crippen LogP contribution in [0.2, 0.25) is 5.02 Å². The molecule has 0 bridgehead atoms. The number of benzene rings is 1. The monoisotopic (exact) mass is 221 g/mol. The van der Waals surface area contributed by atoms with Crippen molar-refractivity contribution in [2.24, 2.45) is 11.7 Å². The number of halogens is 1. The van der Waals surface area contributed by atoms with Crippen LogP contribution in [0.3, 0.4) is 0 Å². The van der Waals surface area contributed by atoms with Crippen molar-refractivity contribution in [1.82, 2.24) is 0 Å². The molecule has 0 radical (unpaired) electrons. The Kier molecular flexibility index (Phi) is 2.08. The zero-order valence-corrected chi connectivity index (χ0v) is 9.50. The maximum atomic E-state index is 6.37. The molecule has 0 amide bonds. The van der Waals surface area contributed by atoms with E-state index in [1.165, 1.54) is 24.8 Å². The maximum absolute atomic E-state index is 6.37. The van der Waals surface area contributed by atoms with Crippen molar-refractivity contribution in [3.63, 3.8) is 0 Å². The second-order valence-electron chi connectivity index (χ2n) is 5.19. The van der Waals surface area contributed by atoms with Crippen LogP contribution in [-0.2, 0) is 0 Å². The lowest BCUT2D eigenvalue weighted by Crippen LogP contribution is -2.24. The summed E-state index contributed by atoms with van der Waals surface area (Å²) in [6, 6.07) is 8.16. The molecule has 2 N–H and O–H groups in total. The van der Waals surface area contributed by atoms with Crippen LogP contribution >= 0.6 is 11.6 Å². The summed E-state index contributed by atoms with van der Waals surface area (Å²) >= 11 is 5.99. The van der Waals surface area contributed by atoms with Crippen molar-refractivity contribution in [2.45, 2.75) is 37.1 Å². The summed E-state index contributed by atoms with van der Waals surface area (Å²) in [6.45, 7) is 0. The number of hydrogen-bond donors (Lipinski definition) is 1. The molecule has 2 fully saturated rings. The van der Waals surface area contributed by atoms with E-state index in [2.05, 4.69) is 12.1 Å². The summed E-state index contributed by atoms with van der Waals surface area (Å²) in [6.07, 6.45) is 5.14. The van der Waals surface area contributed by atoms with Crippen LogP contribution in [0.1, 0.15) is 37.2 Å². The topological polar surface area (TPSA) is 26.0 Å². The Hall–Kier alpha value is -0.530. The first-order valence-electron chi connectivity index (χ1n) is 5.72. The van der Waals surface area contributed by atoms with E-state index in [-0.39, 0.29) is 5.54 Å². The van der Waals surface area contributed by atoms with Gasteiger partial charge in [-0.05, 0) is 36.5 Å². The molecule has 2 aliphatic carbocycles. The third-order valence-electron chi connectivity index (χ3n) is 3.73. The molecule has 2 heteroatoms. The largest absolute Gasteiger partial charge is 0.325 e. The molecule has 80 valence electrons. The van der Waals surface area contributed by atoms with Gasteiger partial charge in [0.25, 0.3) is 0 Å². The smallest absolute Gasteiger partial charge is 0.0408 e. The van der Waals surface area contributed by atoms with Crippen LogP contribution in [0.5, 0.6) is 0 Å². The van der Waals surface area contributed by atoms with Crippen molar-refractivity contribution >= 4 is 11.6 Å². The van der Waals surface area contributed by atoms with Gasteiger partial charge in [-0.3, -0.25) is 0 Å². The Labute approximate surface area is 95.6 Å². The molecule has 3 rings (SSSR count). The molecule has 0 saturated heterocycles. The minimum atomic E-state index is 0.0891. The van der Waals surface area contributed by atoms with Gasteiger partial charge in [-0.15, -0.1) is 0 Å². The van der Waals surface area contributed by atoms with Crippen molar-refractivity contribution < 1.29 is 0 Å². The van der Waals surface area contributed by atoms with Crippen LogP contribution in [0.15, 0.2) is 24.3 Å². The molecule has 2 saturated carbocycles. The molecular weight excluding hydrogens is 206 g/mol. The Balaban J connectivity index is 1.74. The van der Waals surface area contributed by atoms with Crippen LogP contribution in [-0.4, -0.2) is 5.54 Å². The number of rotatable bonds is 3. The highest BCUT2D eigenvalue weighted by Gasteiger charge is 2.53.